The van der Waals surface area contributed by atoms with Crippen molar-refractivity contribution in [2.75, 3.05) is 24.6 Å². The smallest absolute Gasteiger partial charge is 0.243 e. The molecule has 0 unspecified atom stereocenters. The van der Waals surface area contributed by atoms with Crippen LogP contribution in [0.3, 0.4) is 0 Å². The van der Waals surface area contributed by atoms with Gasteiger partial charge in [0.15, 0.2) is 0 Å². The van der Waals surface area contributed by atoms with Gasteiger partial charge in [0.25, 0.3) is 0 Å². The van der Waals surface area contributed by atoms with Crippen LogP contribution in [0, 0.1) is 0 Å². The van der Waals surface area contributed by atoms with Crippen LogP contribution in [0.25, 0.3) is 0 Å². The van der Waals surface area contributed by atoms with E-state index >= 15 is 0 Å². The van der Waals surface area contributed by atoms with Gasteiger partial charge in [-0.2, -0.15) is 16.1 Å². The number of benzene rings is 1. The molecule has 2 fully saturated rings. The number of hydrogen-bond donors (Lipinski definition) is 1. The third-order valence-electron chi connectivity index (χ3n) is 3.93. The second-order valence-electron chi connectivity index (χ2n) is 5.63. The first kappa shape index (κ1) is 15.3. The van der Waals surface area contributed by atoms with Crippen LogP contribution in [0.5, 0.6) is 0 Å². The van der Waals surface area contributed by atoms with Crippen molar-refractivity contribution in [3.63, 3.8) is 0 Å². The number of thioether (sulfide) groups is 1. The lowest BCUT2D eigenvalue weighted by Crippen LogP contribution is -2.34. The van der Waals surface area contributed by atoms with E-state index in [1.54, 1.807) is 10.4 Å². The molecule has 0 spiro atoms. The van der Waals surface area contributed by atoms with Gasteiger partial charge in [0.05, 0.1) is 4.90 Å². The first-order valence-corrected chi connectivity index (χ1v) is 10.2. The van der Waals surface area contributed by atoms with Crippen LogP contribution in [-0.4, -0.2) is 43.4 Å². The van der Waals surface area contributed by atoms with E-state index in [0.29, 0.717) is 30.6 Å². The van der Waals surface area contributed by atoms with Crippen molar-refractivity contribution in [2.24, 2.45) is 0 Å². The van der Waals surface area contributed by atoms with Gasteiger partial charge in [-0.1, -0.05) is 18.2 Å². The monoisotopic (exact) mass is 326 g/mol. The maximum Gasteiger partial charge on any atom is 0.243 e. The van der Waals surface area contributed by atoms with Gasteiger partial charge in [0, 0.05) is 31.4 Å². The fraction of sp³-hybridized carbons (Fsp3) is 0.600. The number of sulfonamides is 1. The van der Waals surface area contributed by atoms with Gasteiger partial charge in [0.1, 0.15) is 0 Å². The third kappa shape index (κ3) is 3.80. The average molecular weight is 326 g/mol. The van der Waals surface area contributed by atoms with Gasteiger partial charge in [0.2, 0.25) is 10.0 Å². The summed E-state index contributed by atoms with van der Waals surface area (Å²) in [6, 6.07) is 7.99. The van der Waals surface area contributed by atoms with Gasteiger partial charge in [-0.3, -0.25) is 0 Å². The molecular formula is C15H22N2O2S2. The maximum absolute atomic E-state index is 12.9. The Kier molecular flexibility index (Phi) is 4.88. The second-order valence-corrected chi connectivity index (χ2v) is 8.76. The standard InChI is InChI=1S/C15H22N2O2S2/c18-21(19,17-8-3-10-20-11-9-17)15-5-2-1-4-13(15)12-16-14-6-7-14/h1-2,4-5,14,16H,3,6-12H2. The van der Waals surface area contributed by atoms with Crippen molar-refractivity contribution < 1.29 is 8.42 Å². The van der Waals surface area contributed by atoms with Crippen molar-refractivity contribution >= 4 is 21.8 Å². The van der Waals surface area contributed by atoms with Crippen molar-refractivity contribution in [1.82, 2.24) is 9.62 Å². The Balaban J connectivity index is 1.82. The molecule has 4 nitrogen and oxygen atoms in total. The van der Waals surface area contributed by atoms with E-state index in [9.17, 15) is 8.42 Å². The zero-order valence-corrected chi connectivity index (χ0v) is 13.8. The molecule has 0 atom stereocenters. The molecule has 1 aromatic rings. The highest BCUT2D eigenvalue weighted by atomic mass is 32.2. The number of nitrogens with one attached hydrogen (secondary N) is 1. The Labute approximate surface area is 131 Å². The Hall–Kier alpha value is -0.560. The van der Waals surface area contributed by atoms with E-state index in [2.05, 4.69) is 5.32 Å². The molecule has 0 aromatic heterocycles. The largest absolute Gasteiger partial charge is 0.310 e. The SMILES string of the molecule is O=S(=O)(c1ccccc1CNC1CC1)N1CCCSCC1. The van der Waals surface area contributed by atoms with Gasteiger partial charge in [-0.05, 0) is 36.6 Å². The number of rotatable bonds is 5. The van der Waals surface area contributed by atoms with E-state index < -0.39 is 10.0 Å². The van der Waals surface area contributed by atoms with Crippen molar-refractivity contribution in [3.8, 4) is 0 Å². The van der Waals surface area contributed by atoms with Crippen molar-refractivity contribution in [1.29, 1.82) is 0 Å². The lowest BCUT2D eigenvalue weighted by atomic mass is 10.2. The van der Waals surface area contributed by atoms with Crippen LogP contribution in [0.2, 0.25) is 0 Å². The lowest BCUT2D eigenvalue weighted by molar-refractivity contribution is 0.434. The minimum atomic E-state index is -3.36. The van der Waals surface area contributed by atoms with Gasteiger partial charge >= 0.3 is 0 Å². The summed E-state index contributed by atoms with van der Waals surface area (Å²) in [6.07, 6.45) is 3.35. The molecule has 1 N–H and O–H groups in total. The molecular weight excluding hydrogens is 304 g/mol. The summed E-state index contributed by atoms with van der Waals surface area (Å²) in [5.41, 5.74) is 0.890. The molecule has 0 radical (unpaired) electrons. The van der Waals surface area contributed by atoms with Crippen molar-refractivity contribution in [3.05, 3.63) is 29.8 Å². The molecule has 1 aliphatic heterocycles. The third-order valence-corrected chi connectivity index (χ3v) is 6.98. The highest BCUT2D eigenvalue weighted by molar-refractivity contribution is 7.99. The molecule has 0 amide bonds. The van der Waals surface area contributed by atoms with Gasteiger partial charge in [-0.25, -0.2) is 8.42 Å². The Bertz CT molecular complexity index is 577. The molecule has 6 heteroatoms. The summed E-state index contributed by atoms with van der Waals surface area (Å²) in [6.45, 7) is 1.90. The zero-order chi connectivity index (χ0) is 14.7. The summed E-state index contributed by atoms with van der Waals surface area (Å²) in [4.78, 5) is 0.477. The first-order chi connectivity index (χ1) is 10.2. The van der Waals surface area contributed by atoms with Crippen LogP contribution in [-0.2, 0) is 16.6 Å². The molecule has 0 bridgehead atoms. The van der Waals surface area contributed by atoms with E-state index in [4.69, 9.17) is 0 Å². The molecule has 116 valence electrons. The fourth-order valence-electron chi connectivity index (χ4n) is 2.55. The summed E-state index contributed by atoms with van der Waals surface area (Å²) in [5, 5.41) is 3.41. The Morgan fingerprint density at radius 2 is 2.00 bits per heavy atom. The normalized spacial score (nSPS) is 21.1. The minimum absolute atomic E-state index is 0.477. The van der Waals surface area contributed by atoms with Crippen LogP contribution in [0.1, 0.15) is 24.8 Å². The van der Waals surface area contributed by atoms with E-state index in [0.717, 1.165) is 23.5 Å². The van der Waals surface area contributed by atoms with Crippen LogP contribution in [0.4, 0.5) is 0 Å². The maximum atomic E-state index is 12.9. The average Bonchev–Trinajstić information content (AvgIpc) is 3.32. The first-order valence-electron chi connectivity index (χ1n) is 7.57. The van der Waals surface area contributed by atoms with Gasteiger partial charge < -0.3 is 5.32 Å². The topological polar surface area (TPSA) is 49.4 Å². The second kappa shape index (κ2) is 6.69. The molecule has 3 rings (SSSR count). The van der Waals surface area contributed by atoms with E-state index in [1.807, 2.05) is 30.0 Å². The highest BCUT2D eigenvalue weighted by Gasteiger charge is 2.28. The van der Waals surface area contributed by atoms with Gasteiger partial charge in [-0.15, -0.1) is 0 Å². The molecule has 1 saturated heterocycles. The minimum Gasteiger partial charge on any atom is -0.310 e. The summed E-state index contributed by atoms with van der Waals surface area (Å²) < 4.78 is 27.5. The molecule has 1 aromatic carbocycles. The predicted molar refractivity (Wildman–Crippen MR) is 87.0 cm³/mol. The fourth-order valence-corrected chi connectivity index (χ4v) is 5.25. The van der Waals surface area contributed by atoms with E-state index in [1.165, 1.54) is 12.8 Å². The summed E-state index contributed by atoms with van der Waals surface area (Å²) in [7, 11) is -3.36. The Morgan fingerprint density at radius 1 is 1.19 bits per heavy atom. The predicted octanol–water partition coefficient (Wildman–Crippen LogP) is 2.07. The van der Waals surface area contributed by atoms with Crippen molar-refractivity contribution in [2.45, 2.75) is 36.7 Å². The molecule has 1 saturated carbocycles. The molecule has 2 aliphatic rings. The van der Waals surface area contributed by atoms with Crippen LogP contribution in [0.15, 0.2) is 29.2 Å². The summed E-state index contributed by atoms with van der Waals surface area (Å²) >= 11 is 1.84. The zero-order valence-electron chi connectivity index (χ0n) is 12.1. The number of hydrogen-bond acceptors (Lipinski definition) is 4. The van der Waals surface area contributed by atoms with Crippen LogP contribution < -0.4 is 5.32 Å². The van der Waals surface area contributed by atoms with E-state index in [-0.39, 0.29) is 0 Å². The molecule has 1 heterocycles. The molecule has 1 aliphatic carbocycles. The lowest BCUT2D eigenvalue weighted by Gasteiger charge is -2.21. The molecule has 21 heavy (non-hydrogen) atoms. The summed E-state index contributed by atoms with van der Waals surface area (Å²) in [5.74, 6) is 1.94. The number of nitrogens with zero attached hydrogens (tertiary/aromatic N) is 1. The Morgan fingerprint density at radius 3 is 2.81 bits per heavy atom. The quantitative estimate of drug-likeness (QED) is 0.900. The highest BCUT2D eigenvalue weighted by Crippen LogP contribution is 2.24. The van der Waals surface area contributed by atoms with Crippen LogP contribution >= 0.6 is 11.8 Å².